The van der Waals surface area contributed by atoms with Crippen LogP contribution in [0.4, 0.5) is 13.2 Å². The number of carbonyl (C=O) groups is 3. The Balaban J connectivity index is 1.27. The fourth-order valence-electron chi connectivity index (χ4n) is 6.66. The van der Waals surface area contributed by atoms with E-state index in [1.54, 1.807) is 37.3 Å². The molecule has 272 valence electrons. The second-order valence-corrected chi connectivity index (χ2v) is 14.1. The number of thioether (sulfide) groups is 1. The fraction of sp³-hybridized carbons (Fsp3) is 0.263. The number of benzene rings is 3. The summed E-state index contributed by atoms with van der Waals surface area (Å²) in [4.78, 5) is 45.2. The Morgan fingerprint density at radius 3 is 2.38 bits per heavy atom. The van der Waals surface area contributed by atoms with Crippen molar-refractivity contribution in [3.8, 4) is 6.07 Å². The number of hydrogen-bond donors (Lipinski definition) is 1. The highest BCUT2D eigenvalue weighted by molar-refractivity contribution is 8.00. The molecule has 3 atom stereocenters. The Morgan fingerprint density at radius 2 is 1.77 bits per heavy atom. The first-order valence-corrected chi connectivity index (χ1v) is 17.3. The van der Waals surface area contributed by atoms with Crippen LogP contribution in [0, 0.1) is 34.7 Å². The number of aliphatic carboxylic acids is 1. The molecule has 53 heavy (non-hydrogen) atoms. The maximum atomic E-state index is 16.1. The minimum Gasteiger partial charge on any atom is -0.481 e. The van der Waals surface area contributed by atoms with Gasteiger partial charge in [-0.2, -0.15) is 10.4 Å². The van der Waals surface area contributed by atoms with Gasteiger partial charge in [-0.3, -0.25) is 24.0 Å². The molecule has 0 bridgehead atoms. The molecule has 2 aliphatic rings. The van der Waals surface area contributed by atoms with Crippen molar-refractivity contribution in [2.45, 2.75) is 35.7 Å². The van der Waals surface area contributed by atoms with Gasteiger partial charge in [-0.25, -0.2) is 18.2 Å². The first-order valence-electron chi connectivity index (χ1n) is 16.4. The van der Waals surface area contributed by atoms with E-state index in [4.69, 9.17) is 14.7 Å². The Kier molecular flexibility index (Phi) is 11.2. The molecule has 2 aliphatic heterocycles. The predicted octanol–water partition coefficient (Wildman–Crippen LogP) is 5.63. The SMILES string of the molecule is C[C@@H](SC1COC(/C=C/C=C/c2ccc(C#N)cc2F)OC1)[C@@](Cn1cncn1)(c1ccc(F)cc1F)C(CN1C(=O)c2ccccc2C1=O)C(=O)O. The predicted molar refractivity (Wildman–Crippen MR) is 187 cm³/mol. The molecule has 11 nitrogen and oxygen atoms in total. The third-order valence-corrected chi connectivity index (χ3v) is 10.8. The lowest BCUT2D eigenvalue weighted by molar-refractivity contribution is -0.146. The molecule has 0 aliphatic carbocycles. The van der Waals surface area contributed by atoms with E-state index in [0.717, 1.165) is 17.0 Å². The van der Waals surface area contributed by atoms with E-state index in [9.17, 15) is 28.3 Å². The molecule has 0 saturated carbocycles. The van der Waals surface area contributed by atoms with Crippen LogP contribution in [0.1, 0.15) is 44.3 Å². The molecule has 6 rings (SSSR count). The van der Waals surface area contributed by atoms with Gasteiger partial charge in [0.05, 0.1) is 53.7 Å². The van der Waals surface area contributed by atoms with E-state index in [-0.39, 0.29) is 42.0 Å². The molecule has 3 aromatic carbocycles. The number of ether oxygens (including phenoxy) is 2. The van der Waals surface area contributed by atoms with Crippen LogP contribution in [-0.2, 0) is 26.2 Å². The number of allylic oxidation sites excluding steroid dienone is 2. The maximum absolute atomic E-state index is 16.1. The number of nitriles is 1. The van der Waals surface area contributed by atoms with Gasteiger partial charge in [0.25, 0.3) is 11.8 Å². The molecule has 4 aromatic rings. The number of hydrogen-bond acceptors (Lipinski definition) is 9. The highest BCUT2D eigenvalue weighted by atomic mass is 32.2. The van der Waals surface area contributed by atoms with Crippen LogP contribution in [0.15, 0.2) is 91.5 Å². The van der Waals surface area contributed by atoms with Crippen molar-refractivity contribution in [3.63, 3.8) is 0 Å². The van der Waals surface area contributed by atoms with Gasteiger partial charge in [0, 0.05) is 28.8 Å². The first-order chi connectivity index (χ1) is 25.5. The number of aromatic nitrogens is 3. The van der Waals surface area contributed by atoms with E-state index in [0.29, 0.717) is 11.6 Å². The third-order valence-electron chi connectivity index (χ3n) is 9.29. The molecule has 1 aromatic heterocycles. The molecule has 0 spiro atoms. The number of amides is 2. The number of nitrogens with zero attached hydrogens (tertiary/aromatic N) is 5. The van der Waals surface area contributed by atoms with Crippen LogP contribution >= 0.6 is 11.8 Å². The number of carboxylic acid groups (broad SMARTS) is 1. The van der Waals surface area contributed by atoms with E-state index in [2.05, 4.69) is 10.1 Å². The molecule has 1 saturated heterocycles. The lowest BCUT2D eigenvalue weighted by atomic mass is 9.67. The fourth-order valence-corrected chi connectivity index (χ4v) is 8.16. The summed E-state index contributed by atoms with van der Waals surface area (Å²) in [7, 11) is 0. The van der Waals surface area contributed by atoms with E-state index < -0.39 is 69.9 Å². The quantitative estimate of drug-likeness (QED) is 0.135. The van der Waals surface area contributed by atoms with Crippen molar-refractivity contribution in [1.29, 1.82) is 5.26 Å². The molecule has 0 radical (unpaired) electrons. The maximum Gasteiger partial charge on any atom is 0.309 e. The van der Waals surface area contributed by atoms with Crippen molar-refractivity contribution < 1.29 is 42.1 Å². The Labute approximate surface area is 306 Å². The monoisotopic (exact) mass is 743 g/mol. The van der Waals surface area contributed by atoms with Crippen LogP contribution in [0.2, 0.25) is 0 Å². The number of carboxylic acids is 1. The second-order valence-electron chi connectivity index (χ2n) is 12.4. The van der Waals surface area contributed by atoms with Gasteiger partial charge >= 0.3 is 5.97 Å². The van der Waals surface area contributed by atoms with Gasteiger partial charge in [0.15, 0.2) is 6.29 Å². The summed E-state index contributed by atoms with van der Waals surface area (Å²) in [6.07, 6.45) is 8.17. The smallest absolute Gasteiger partial charge is 0.309 e. The highest BCUT2D eigenvalue weighted by Crippen LogP contribution is 2.47. The van der Waals surface area contributed by atoms with Crippen molar-refractivity contribution in [3.05, 3.63) is 137 Å². The average molecular weight is 744 g/mol. The average Bonchev–Trinajstić information content (AvgIpc) is 3.74. The molecule has 1 fully saturated rings. The largest absolute Gasteiger partial charge is 0.481 e. The second kappa shape index (κ2) is 16.0. The summed E-state index contributed by atoms with van der Waals surface area (Å²) >= 11 is 1.26. The van der Waals surface area contributed by atoms with E-state index >= 15 is 4.39 Å². The lowest BCUT2D eigenvalue weighted by Crippen LogP contribution is -2.55. The minimum atomic E-state index is -1.76. The molecule has 1 unspecified atom stereocenters. The topological polar surface area (TPSA) is 148 Å². The van der Waals surface area contributed by atoms with Crippen molar-refractivity contribution in [2.24, 2.45) is 5.92 Å². The number of rotatable bonds is 13. The molecule has 1 N–H and O–H groups in total. The van der Waals surface area contributed by atoms with Gasteiger partial charge in [0.2, 0.25) is 0 Å². The van der Waals surface area contributed by atoms with Crippen LogP contribution < -0.4 is 0 Å². The number of carbonyl (C=O) groups excluding carboxylic acids is 2. The number of imide groups is 1. The Bertz CT molecular complexity index is 2080. The van der Waals surface area contributed by atoms with Crippen molar-refractivity contribution in [2.75, 3.05) is 19.8 Å². The number of fused-ring (bicyclic) bond motifs is 1. The zero-order valence-electron chi connectivity index (χ0n) is 28.1. The Morgan fingerprint density at radius 1 is 1.06 bits per heavy atom. The molecule has 2 amide bonds. The van der Waals surface area contributed by atoms with Crippen molar-refractivity contribution >= 4 is 35.6 Å². The summed E-state index contributed by atoms with van der Waals surface area (Å²) in [5.74, 6) is -6.84. The zero-order chi connectivity index (χ0) is 37.7. The minimum absolute atomic E-state index is 0.121. The summed E-state index contributed by atoms with van der Waals surface area (Å²) in [6, 6.07) is 15.0. The summed E-state index contributed by atoms with van der Waals surface area (Å²) < 4.78 is 57.7. The number of halogens is 3. The van der Waals surface area contributed by atoms with Gasteiger partial charge in [-0.1, -0.05) is 49.4 Å². The molecular formula is C38H32F3N5O6S. The van der Waals surface area contributed by atoms with Crippen LogP contribution in [0.3, 0.4) is 0 Å². The van der Waals surface area contributed by atoms with Crippen molar-refractivity contribution in [1.82, 2.24) is 19.7 Å². The normalized spacial score (nSPS) is 19.6. The highest BCUT2D eigenvalue weighted by Gasteiger charge is 2.54. The van der Waals surface area contributed by atoms with Crippen LogP contribution in [0.5, 0.6) is 0 Å². The molecule has 3 heterocycles. The zero-order valence-corrected chi connectivity index (χ0v) is 29.0. The van der Waals surface area contributed by atoms with Crippen LogP contribution in [0.25, 0.3) is 6.08 Å². The van der Waals surface area contributed by atoms with E-state index in [1.807, 2.05) is 6.07 Å². The molecular weight excluding hydrogens is 712 g/mol. The van der Waals surface area contributed by atoms with Gasteiger partial charge in [-0.15, -0.1) is 11.8 Å². The van der Waals surface area contributed by atoms with Crippen LogP contribution in [-0.4, -0.2) is 79.1 Å². The van der Waals surface area contributed by atoms with Gasteiger partial charge < -0.3 is 14.6 Å². The Hall–Kier alpha value is -5.56. The summed E-state index contributed by atoms with van der Waals surface area (Å²) in [6.45, 7) is 1.08. The van der Waals surface area contributed by atoms with Gasteiger partial charge in [-0.05, 0) is 42.0 Å². The lowest BCUT2D eigenvalue weighted by Gasteiger charge is -2.45. The standard InChI is InChI=1S/C38H32F3N5O6S/c1-23(53-27-18-51-34(52-19-27)9-5-2-6-25-11-10-24(16-42)14-32(25)40)38(20-45-22-43-21-44-45,30-13-12-26(39)15-33(30)41)31(37(49)50)17-46-35(47)28-7-3-4-8-29(28)36(46)48/h2-15,21-23,27,31,34H,17-20H2,1H3,(H,49,50)/b6-2+,9-5+/t23-,27?,31?,34?,38+/m1/s1. The van der Waals surface area contributed by atoms with Gasteiger partial charge in [0.1, 0.15) is 30.1 Å². The summed E-state index contributed by atoms with van der Waals surface area (Å²) in [5.41, 5.74) is -1.17. The first kappa shape index (κ1) is 37.2. The third kappa shape index (κ3) is 7.80. The molecule has 15 heteroatoms. The van der Waals surface area contributed by atoms with E-state index in [1.165, 1.54) is 65.5 Å². The summed E-state index contributed by atoms with van der Waals surface area (Å²) in [5, 5.41) is 22.8.